The van der Waals surface area contributed by atoms with E-state index in [-0.39, 0.29) is 0 Å². The third-order valence-corrected chi connectivity index (χ3v) is 6.90. The summed E-state index contributed by atoms with van der Waals surface area (Å²) in [6.07, 6.45) is 14.5. The third kappa shape index (κ3) is 5.46. The van der Waals surface area contributed by atoms with Crippen molar-refractivity contribution in [3.8, 4) is 0 Å². The number of nitrogens with zero attached hydrogens (tertiary/aromatic N) is 5. The van der Waals surface area contributed by atoms with Crippen molar-refractivity contribution in [2.75, 3.05) is 19.6 Å². The van der Waals surface area contributed by atoms with Gasteiger partial charge in [0.2, 0.25) is 0 Å². The van der Waals surface area contributed by atoms with Crippen LogP contribution in [0.25, 0.3) is 0 Å². The molecule has 0 spiro atoms. The van der Waals surface area contributed by atoms with Gasteiger partial charge in [0.1, 0.15) is 0 Å². The number of aryl methyl sites for hydroxylation is 2. The highest BCUT2D eigenvalue weighted by Crippen LogP contribution is 2.28. The molecule has 1 saturated heterocycles. The number of piperidine rings is 1. The van der Waals surface area contributed by atoms with Gasteiger partial charge in [-0.15, -0.1) is 0 Å². The molecule has 1 saturated carbocycles. The van der Waals surface area contributed by atoms with Crippen molar-refractivity contribution in [1.29, 1.82) is 0 Å². The normalized spacial score (nSPS) is 19.4. The number of rotatable bonds is 8. The highest BCUT2D eigenvalue weighted by molar-refractivity contribution is 5.16. The van der Waals surface area contributed by atoms with Crippen LogP contribution in [0.5, 0.6) is 0 Å². The van der Waals surface area contributed by atoms with Crippen LogP contribution in [0.2, 0.25) is 0 Å². The van der Waals surface area contributed by atoms with Crippen LogP contribution in [-0.2, 0) is 19.6 Å². The van der Waals surface area contributed by atoms with Gasteiger partial charge in [-0.2, -0.15) is 5.10 Å². The summed E-state index contributed by atoms with van der Waals surface area (Å²) in [6, 6.07) is 5.13. The van der Waals surface area contributed by atoms with Crippen molar-refractivity contribution in [3.05, 3.63) is 47.5 Å². The molecule has 3 heterocycles. The molecule has 0 amide bonds. The van der Waals surface area contributed by atoms with E-state index in [0.29, 0.717) is 0 Å². The molecule has 29 heavy (non-hydrogen) atoms. The lowest BCUT2D eigenvalue weighted by molar-refractivity contribution is 0.106. The summed E-state index contributed by atoms with van der Waals surface area (Å²) in [7, 11) is 0. The van der Waals surface area contributed by atoms with Crippen LogP contribution in [0.3, 0.4) is 0 Å². The molecule has 2 aromatic heterocycles. The van der Waals surface area contributed by atoms with Crippen molar-refractivity contribution in [3.63, 3.8) is 0 Å². The van der Waals surface area contributed by atoms with Gasteiger partial charge in [-0.25, -0.2) is 0 Å². The number of aromatic nitrogens is 3. The molecule has 5 heteroatoms. The van der Waals surface area contributed by atoms with Crippen molar-refractivity contribution >= 4 is 0 Å². The minimum absolute atomic E-state index is 0.797. The van der Waals surface area contributed by atoms with Crippen LogP contribution in [0, 0.1) is 12.8 Å². The minimum atomic E-state index is 0.797. The number of hydrogen-bond donors (Lipinski definition) is 0. The van der Waals surface area contributed by atoms with E-state index in [4.69, 9.17) is 0 Å². The molecule has 2 aromatic rings. The molecule has 0 atom stereocenters. The van der Waals surface area contributed by atoms with Crippen LogP contribution in [0.4, 0.5) is 0 Å². The van der Waals surface area contributed by atoms with E-state index in [2.05, 4.69) is 50.7 Å². The topological polar surface area (TPSA) is 37.2 Å². The van der Waals surface area contributed by atoms with Gasteiger partial charge in [0.25, 0.3) is 0 Å². The monoisotopic (exact) mass is 395 g/mol. The van der Waals surface area contributed by atoms with Gasteiger partial charge in [0.05, 0.1) is 5.69 Å². The van der Waals surface area contributed by atoms with Gasteiger partial charge in [-0.3, -0.25) is 14.6 Å². The number of likely N-dealkylation sites (tertiary alicyclic amines) is 1. The highest BCUT2D eigenvalue weighted by atomic mass is 15.3. The Morgan fingerprint density at radius 1 is 1.10 bits per heavy atom. The zero-order chi connectivity index (χ0) is 20.1. The molecule has 0 radical (unpaired) electrons. The molecule has 2 fully saturated rings. The Hall–Kier alpha value is -1.72. The van der Waals surface area contributed by atoms with Gasteiger partial charge in [0.15, 0.2) is 0 Å². The maximum Gasteiger partial charge on any atom is 0.0638 e. The lowest BCUT2D eigenvalue weighted by atomic mass is 9.94. The second-order valence-corrected chi connectivity index (χ2v) is 9.04. The molecule has 0 aromatic carbocycles. The van der Waals surface area contributed by atoms with Crippen molar-refractivity contribution in [2.24, 2.45) is 5.92 Å². The summed E-state index contributed by atoms with van der Waals surface area (Å²) in [5.74, 6) is 0.797. The van der Waals surface area contributed by atoms with E-state index in [1.54, 1.807) is 0 Å². The molecule has 158 valence electrons. The molecule has 5 nitrogen and oxygen atoms in total. The zero-order valence-electron chi connectivity index (χ0n) is 18.3. The van der Waals surface area contributed by atoms with Gasteiger partial charge in [-0.1, -0.05) is 18.9 Å². The Kier molecular flexibility index (Phi) is 6.98. The van der Waals surface area contributed by atoms with Crippen molar-refractivity contribution < 1.29 is 0 Å². The van der Waals surface area contributed by atoms with Gasteiger partial charge in [0, 0.05) is 56.4 Å². The van der Waals surface area contributed by atoms with E-state index in [1.807, 2.05) is 18.5 Å². The average molecular weight is 396 g/mol. The van der Waals surface area contributed by atoms with Gasteiger partial charge >= 0.3 is 0 Å². The minimum Gasteiger partial charge on any atom is -0.300 e. The van der Waals surface area contributed by atoms with Crippen LogP contribution in [-0.4, -0.2) is 50.2 Å². The Morgan fingerprint density at radius 2 is 1.90 bits per heavy atom. The smallest absolute Gasteiger partial charge is 0.0638 e. The van der Waals surface area contributed by atoms with Crippen LogP contribution >= 0.6 is 0 Å². The summed E-state index contributed by atoms with van der Waals surface area (Å²) >= 11 is 0. The SMILES string of the molecule is CCn1cc(CN(Cc2cccnc2)CC2CCN(C3CCCC3)CC2)c(C)n1. The first-order chi connectivity index (χ1) is 14.2. The van der Waals surface area contributed by atoms with E-state index < -0.39 is 0 Å². The first kappa shape index (κ1) is 20.5. The summed E-state index contributed by atoms with van der Waals surface area (Å²) in [5, 5.41) is 4.66. The fourth-order valence-electron chi connectivity index (χ4n) is 5.19. The van der Waals surface area contributed by atoms with Crippen molar-refractivity contribution in [2.45, 2.75) is 78.0 Å². The molecule has 1 aliphatic heterocycles. The molecule has 2 aliphatic rings. The highest BCUT2D eigenvalue weighted by Gasteiger charge is 2.28. The molecular formula is C24H37N5. The van der Waals surface area contributed by atoms with Crippen molar-refractivity contribution in [1.82, 2.24) is 24.6 Å². The largest absolute Gasteiger partial charge is 0.300 e. The number of pyridine rings is 1. The fraction of sp³-hybridized carbons (Fsp3) is 0.667. The summed E-state index contributed by atoms with van der Waals surface area (Å²) in [5.41, 5.74) is 3.83. The Labute approximate surface area is 176 Å². The first-order valence-corrected chi connectivity index (χ1v) is 11.6. The van der Waals surface area contributed by atoms with Gasteiger partial charge in [-0.05, 0) is 70.2 Å². The maximum atomic E-state index is 4.66. The standard InChI is InChI=1S/C24H37N5/c1-3-29-19-23(20(2)26-29)18-27(17-22-7-6-12-25-15-22)16-21-10-13-28(14-11-21)24-8-4-5-9-24/h6-7,12,15,19,21,24H,3-5,8-11,13-14,16-18H2,1-2H3. The molecular weight excluding hydrogens is 358 g/mol. The summed E-state index contributed by atoms with van der Waals surface area (Å²) in [6.45, 7) is 10.9. The molecule has 4 rings (SSSR count). The van der Waals surface area contributed by atoms with E-state index in [1.165, 1.54) is 75.0 Å². The van der Waals surface area contributed by atoms with Crippen LogP contribution < -0.4 is 0 Å². The fourth-order valence-corrected chi connectivity index (χ4v) is 5.19. The van der Waals surface area contributed by atoms with E-state index in [0.717, 1.165) is 31.6 Å². The quantitative estimate of drug-likeness (QED) is 0.669. The zero-order valence-corrected chi connectivity index (χ0v) is 18.3. The summed E-state index contributed by atoms with van der Waals surface area (Å²) < 4.78 is 2.06. The van der Waals surface area contributed by atoms with E-state index in [9.17, 15) is 0 Å². The van der Waals surface area contributed by atoms with Gasteiger partial charge < -0.3 is 4.90 Å². The second kappa shape index (κ2) is 9.86. The summed E-state index contributed by atoms with van der Waals surface area (Å²) in [4.78, 5) is 9.73. The molecule has 1 aliphatic carbocycles. The Balaban J connectivity index is 1.39. The Bertz CT molecular complexity index is 742. The lowest BCUT2D eigenvalue weighted by Gasteiger charge is -2.38. The van der Waals surface area contributed by atoms with Crippen LogP contribution in [0.1, 0.15) is 62.3 Å². The average Bonchev–Trinajstić information content (AvgIpc) is 3.40. The third-order valence-electron chi connectivity index (χ3n) is 6.90. The predicted octanol–water partition coefficient (Wildman–Crippen LogP) is 4.26. The second-order valence-electron chi connectivity index (χ2n) is 9.04. The van der Waals surface area contributed by atoms with E-state index >= 15 is 0 Å². The molecule has 0 N–H and O–H groups in total. The molecule has 0 bridgehead atoms. The lowest BCUT2D eigenvalue weighted by Crippen LogP contribution is -2.42. The number of hydrogen-bond acceptors (Lipinski definition) is 4. The molecule has 0 unspecified atom stereocenters. The Morgan fingerprint density at radius 3 is 2.55 bits per heavy atom. The first-order valence-electron chi connectivity index (χ1n) is 11.6. The predicted molar refractivity (Wildman–Crippen MR) is 118 cm³/mol. The van der Waals surface area contributed by atoms with Crippen LogP contribution in [0.15, 0.2) is 30.7 Å². The maximum absolute atomic E-state index is 4.66.